The smallest absolute Gasteiger partial charge is 0.303 e. The number of aliphatic carboxylic acids is 1. The van der Waals surface area contributed by atoms with E-state index in [0.29, 0.717) is 11.6 Å². The van der Waals surface area contributed by atoms with Gasteiger partial charge in [0.1, 0.15) is 17.3 Å². The molecule has 0 unspecified atom stereocenters. The lowest BCUT2D eigenvalue weighted by Crippen LogP contribution is -2.31. The second-order valence-electron chi connectivity index (χ2n) is 6.40. The van der Waals surface area contributed by atoms with Crippen molar-refractivity contribution in [2.75, 3.05) is 0 Å². The maximum atomic E-state index is 12.4. The van der Waals surface area contributed by atoms with Gasteiger partial charge in [-0.25, -0.2) is 9.50 Å². The van der Waals surface area contributed by atoms with E-state index >= 15 is 0 Å². The quantitative estimate of drug-likeness (QED) is 0.830. The van der Waals surface area contributed by atoms with Crippen molar-refractivity contribution in [3.05, 3.63) is 33.5 Å². The number of nitrogens with zero attached hydrogens (tertiary/aromatic N) is 3. The average Bonchev–Trinajstić information content (AvgIpc) is 3.21. The molecule has 24 heavy (non-hydrogen) atoms. The Balaban J connectivity index is 1.95. The summed E-state index contributed by atoms with van der Waals surface area (Å²) in [5.41, 5.74) is 0.751. The molecule has 0 saturated heterocycles. The summed E-state index contributed by atoms with van der Waals surface area (Å²) in [6.07, 6.45) is 7.81. The highest BCUT2D eigenvalue weighted by molar-refractivity contribution is 5.68. The number of aromatic nitrogens is 3. The van der Waals surface area contributed by atoms with Crippen LogP contribution in [0.1, 0.15) is 50.6 Å². The van der Waals surface area contributed by atoms with Crippen molar-refractivity contribution in [2.45, 2.75) is 51.4 Å². The zero-order chi connectivity index (χ0) is 17.1. The van der Waals surface area contributed by atoms with Crippen LogP contribution in [0.3, 0.4) is 0 Å². The van der Waals surface area contributed by atoms with Gasteiger partial charge in [-0.3, -0.25) is 9.59 Å². The summed E-state index contributed by atoms with van der Waals surface area (Å²) in [6.45, 7) is 0. The van der Waals surface area contributed by atoms with Crippen LogP contribution in [0.15, 0.2) is 17.2 Å². The number of carbonyl (C=O) groups is 1. The number of rotatable bonds is 6. The van der Waals surface area contributed by atoms with Crippen molar-refractivity contribution in [3.63, 3.8) is 0 Å². The molecule has 0 aromatic carbocycles. The Morgan fingerprint density at radius 2 is 2.00 bits per heavy atom. The summed E-state index contributed by atoms with van der Waals surface area (Å²) in [6, 6.07) is 1.49. The zero-order valence-electron chi connectivity index (χ0n) is 13.4. The molecular formula is C17H21N3O4. The Morgan fingerprint density at radius 3 is 2.71 bits per heavy atom. The number of fused-ring (bicyclic) bond motifs is 1. The molecule has 2 heterocycles. The minimum Gasteiger partial charge on any atom is -0.511 e. The standard InChI is InChI=1S/C17H21N3O4/c21-13(7-8-15(23)24)16-14(22)9-12(20-17(16)18-10-19-20)6-5-11-3-1-2-4-11/h9-11,21H,1-8H2,(H,23,24)/b16-13-. The van der Waals surface area contributed by atoms with Crippen molar-refractivity contribution in [2.24, 2.45) is 5.92 Å². The number of aliphatic hydroxyl groups is 1. The fourth-order valence-electron chi connectivity index (χ4n) is 3.47. The monoisotopic (exact) mass is 331 g/mol. The number of aryl methyl sites for hydroxylation is 1. The molecule has 0 spiro atoms. The molecule has 0 aliphatic heterocycles. The zero-order valence-corrected chi connectivity index (χ0v) is 13.4. The normalized spacial score (nSPS) is 16.7. The van der Waals surface area contributed by atoms with Gasteiger partial charge in [0, 0.05) is 18.2 Å². The van der Waals surface area contributed by atoms with E-state index in [-0.39, 0.29) is 29.2 Å². The van der Waals surface area contributed by atoms with Crippen LogP contribution < -0.4 is 10.6 Å². The van der Waals surface area contributed by atoms with Gasteiger partial charge in [-0.05, 0) is 18.8 Å². The van der Waals surface area contributed by atoms with Crippen LogP contribution >= 0.6 is 0 Å². The average molecular weight is 331 g/mol. The number of hydrogen-bond acceptors (Lipinski definition) is 5. The minimum absolute atomic E-state index is 0.0540. The van der Waals surface area contributed by atoms with Gasteiger partial charge in [0.2, 0.25) is 0 Å². The first-order valence-electron chi connectivity index (χ1n) is 8.36. The lowest BCUT2D eigenvalue weighted by Gasteiger charge is -2.09. The Labute approximate surface area is 138 Å². The van der Waals surface area contributed by atoms with Crippen molar-refractivity contribution < 1.29 is 15.0 Å². The minimum atomic E-state index is -1.03. The second-order valence-corrected chi connectivity index (χ2v) is 6.40. The van der Waals surface area contributed by atoms with Crippen molar-refractivity contribution >= 4 is 17.4 Å². The number of carboxylic acids is 1. The van der Waals surface area contributed by atoms with Crippen molar-refractivity contribution in [1.82, 2.24) is 14.6 Å². The van der Waals surface area contributed by atoms with Gasteiger partial charge < -0.3 is 10.2 Å². The predicted octanol–water partition coefficient (Wildman–Crippen LogP) is 1.46. The molecule has 7 heteroatoms. The highest BCUT2D eigenvalue weighted by Gasteiger charge is 2.17. The third kappa shape index (κ3) is 3.39. The van der Waals surface area contributed by atoms with E-state index in [4.69, 9.17) is 5.11 Å². The molecule has 2 N–H and O–H groups in total. The van der Waals surface area contributed by atoms with Crippen LogP contribution in [0.4, 0.5) is 0 Å². The summed E-state index contributed by atoms with van der Waals surface area (Å²) in [5, 5.41) is 23.1. The van der Waals surface area contributed by atoms with Gasteiger partial charge in [-0.2, -0.15) is 5.10 Å². The maximum absolute atomic E-state index is 12.4. The first-order valence-corrected chi connectivity index (χ1v) is 8.36. The molecule has 1 aliphatic rings. The number of carboxylic acid groups (broad SMARTS) is 1. The number of hydrogen-bond donors (Lipinski definition) is 2. The van der Waals surface area contributed by atoms with Crippen molar-refractivity contribution in [3.8, 4) is 0 Å². The molecular weight excluding hydrogens is 310 g/mol. The largest absolute Gasteiger partial charge is 0.511 e. The van der Waals surface area contributed by atoms with Crippen LogP contribution in [0, 0.1) is 5.92 Å². The highest BCUT2D eigenvalue weighted by Crippen LogP contribution is 2.28. The first-order chi connectivity index (χ1) is 11.6. The van der Waals surface area contributed by atoms with Gasteiger partial charge in [0.25, 0.3) is 0 Å². The van der Waals surface area contributed by atoms with E-state index in [9.17, 15) is 14.7 Å². The van der Waals surface area contributed by atoms with Crippen LogP contribution in [0.25, 0.3) is 11.4 Å². The van der Waals surface area contributed by atoms with E-state index in [0.717, 1.165) is 18.5 Å². The van der Waals surface area contributed by atoms with Crippen LogP contribution in [0.5, 0.6) is 0 Å². The molecule has 1 aliphatic carbocycles. The van der Waals surface area contributed by atoms with Crippen LogP contribution in [-0.4, -0.2) is 30.8 Å². The Bertz CT molecular complexity index is 853. The first kappa shape index (κ1) is 16.4. The van der Waals surface area contributed by atoms with E-state index in [1.807, 2.05) is 0 Å². The topological polar surface area (TPSA) is 105 Å². The Kier molecular flexibility index (Phi) is 4.78. The molecule has 2 aromatic rings. The lowest BCUT2D eigenvalue weighted by molar-refractivity contribution is -0.136. The predicted molar refractivity (Wildman–Crippen MR) is 87.7 cm³/mol. The van der Waals surface area contributed by atoms with E-state index in [1.54, 1.807) is 4.52 Å². The highest BCUT2D eigenvalue weighted by atomic mass is 16.4. The van der Waals surface area contributed by atoms with Crippen molar-refractivity contribution in [1.29, 1.82) is 0 Å². The summed E-state index contributed by atoms with van der Waals surface area (Å²) in [4.78, 5) is 27.2. The van der Waals surface area contributed by atoms with E-state index < -0.39 is 5.97 Å². The van der Waals surface area contributed by atoms with Gasteiger partial charge in [-0.1, -0.05) is 25.7 Å². The van der Waals surface area contributed by atoms with Gasteiger partial charge >= 0.3 is 5.97 Å². The van der Waals surface area contributed by atoms with Gasteiger partial charge in [0.05, 0.1) is 6.42 Å². The van der Waals surface area contributed by atoms with Crippen LogP contribution in [0.2, 0.25) is 0 Å². The third-order valence-electron chi connectivity index (χ3n) is 4.74. The van der Waals surface area contributed by atoms with E-state index in [1.165, 1.54) is 38.1 Å². The molecule has 128 valence electrons. The van der Waals surface area contributed by atoms with Gasteiger partial charge in [0.15, 0.2) is 11.1 Å². The lowest BCUT2D eigenvalue weighted by atomic mass is 10.0. The summed E-state index contributed by atoms with van der Waals surface area (Å²) >= 11 is 0. The SMILES string of the molecule is O=C(O)CC/C(O)=c1\c(=O)cc(CCC2CCCC2)n2ncnc12. The molecule has 1 fully saturated rings. The van der Waals surface area contributed by atoms with E-state index in [2.05, 4.69) is 10.1 Å². The van der Waals surface area contributed by atoms with Gasteiger partial charge in [-0.15, -0.1) is 0 Å². The second kappa shape index (κ2) is 6.98. The molecule has 1 saturated carbocycles. The molecule has 0 bridgehead atoms. The third-order valence-corrected chi connectivity index (χ3v) is 4.74. The Hall–Kier alpha value is -2.44. The fraction of sp³-hybridized carbons (Fsp3) is 0.529. The Morgan fingerprint density at radius 1 is 1.25 bits per heavy atom. The number of pyridine rings is 1. The summed E-state index contributed by atoms with van der Waals surface area (Å²) < 4.78 is 1.59. The molecule has 7 nitrogen and oxygen atoms in total. The number of aliphatic hydroxyl groups excluding tert-OH is 1. The molecule has 0 radical (unpaired) electrons. The molecule has 3 rings (SSSR count). The fourth-order valence-corrected chi connectivity index (χ4v) is 3.47. The summed E-state index contributed by atoms with van der Waals surface area (Å²) in [5.74, 6) is -0.573. The maximum Gasteiger partial charge on any atom is 0.303 e. The molecule has 0 amide bonds. The van der Waals surface area contributed by atoms with Crippen LogP contribution in [-0.2, 0) is 11.2 Å². The summed E-state index contributed by atoms with van der Waals surface area (Å²) in [7, 11) is 0. The molecule has 2 aromatic heterocycles. The molecule has 0 atom stereocenters.